The van der Waals surface area contributed by atoms with Crippen LogP contribution >= 0.6 is 22.6 Å². The molecule has 0 aromatic heterocycles. The Morgan fingerprint density at radius 3 is 2.91 bits per heavy atom. The van der Waals surface area contributed by atoms with Crippen LogP contribution in [0.25, 0.3) is 0 Å². The van der Waals surface area contributed by atoms with Gasteiger partial charge < -0.3 is 4.74 Å². The highest BCUT2D eigenvalue weighted by Crippen LogP contribution is 2.56. The molecular formula is C8H9IO2. The van der Waals surface area contributed by atoms with E-state index in [1.807, 2.05) is 0 Å². The van der Waals surface area contributed by atoms with Gasteiger partial charge in [0, 0.05) is 5.92 Å². The summed E-state index contributed by atoms with van der Waals surface area (Å²) in [4.78, 5) is 11.2. The fraction of sp³-hybridized carbons (Fsp3) is 0.875. The normalized spacial score (nSPS) is 58.6. The molecule has 5 atom stereocenters. The molecule has 0 amide bonds. The lowest BCUT2D eigenvalue weighted by Gasteiger charge is -2.19. The minimum absolute atomic E-state index is 0.0849. The molecule has 11 heavy (non-hydrogen) atoms. The van der Waals surface area contributed by atoms with Crippen molar-refractivity contribution in [1.82, 2.24) is 0 Å². The van der Waals surface area contributed by atoms with Crippen LogP contribution in [0.1, 0.15) is 12.8 Å². The van der Waals surface area contributed by atoms with Crippen LogP contribution < -0.4 is 0 Å². The van der Waals surface area contributed by atoms with Crippen molar-refractivity contribution in [3.63, 3.8) is 0 Å². The smallest absolute Gasteiger partial charge is 0.309 e. The summed E-state index contributed by atoms with van der Waals surface area (Å²) in [5, 5.41) is 0. The molecule has 0 N–H and O–H groups in total. The first-order valence-corrected chi connectivity index (χ1v) is 5.36. The number of hydrogen-bond acceptors (Lipinski definition) is 2. The number of fused-ring (bicyclic) bond motifs is 1. The van der Waals surface area contributed by atoms with Crippen molar-refractivity contribution in [3.05, 3.63) is 0 Å². The first-order chi connectivity index (χ1) is 5.27. The average Bonchev–Trinajstić information content (AvgIpc) is 2.53. The SMILES string of the molecule is O=C1O[C@@H]2C(I)[C@@H]3C[C@@H]2[C@H]1C3. The highest BCUT2D eigenvalue weighted by molar-refractivity contribution is 14.1. The van der Waals surface area contributed by atoms with Gasteiger partial charge in [-0.05, 0) is 18.8 Å². The van der Waals surface area contributed by atoms with Gasteiger partial charge in [-0.25, -0.2) is 0 Å². The molecule has 2 saturated carbocycles. The van der Waals surface area contributed by atoms with Gasteiger partial charge in [-0.2, -0.15) is 0 Å². The van der Waals surface area contributed by atoms with Crippen molar-refractivity contribution < 1.29 is 9.53 Å². The van der Waals surface area contributed by atoms with E-state index < -0.39 is 0 Å². The summed E-state index contributed by atoms with van der Waals surface area (Å²) in [6, 6.07) is 0. The van der Waals surface area contributed by atoms with Crippen LogP contribution in [-0.4, -0.2) is 16.0 Å². The quantitative estimate of drug-likeness (QED) is 0.375. The summed E-state index contributed by atoms with van der Waals surface area (Å²) >= 11 is 2.45. The van der Waals surface area contributed by atoms with Crippen molar-refractivity contribution in [3.8, 4) is 0 Å². The zero-order chi connectivity index (χ0) is 7.59. The number of alkyl halides is 1. The van der Waals surface area contributed by atoms with Gasteiger partial charge in [-0.15, -0.1) is 0 Å². The third kappa shape index (κ3) is 0.661. The molecule has 3 heteroatoms. The Kier molecular flexibility index (Phi) is 1.17. The lowest BCUT2D eigenvalue weighted by Crippen LogP contribution is -2.26. The molecule has 3 aliphatic rings. The van der Waals surface area contributed by atoms with Crippen molar-refractivity contribution >= 4 is 28.6 Å². The highest BCUT2D eigenvalue weighted by atomic mass is 127. The molecule has 1 unspecified atom stereocenters. The standard InChI is InChI=1S/C8H9IO2/c9-6-3-1-4-5(2-3)8(10)11-7(4)6/h3-7H,1-2H2/t3-,4-,5-,6?,7+/m1/s1. The third-order valence-corrected chi connectivity index (χ3v) is 5.12. The average molecular weight is 264 g/mol. The van der Waals surface area contributed by atoms with E-state index in [1.54, 1.807) is 0 Å². The molecule has 2 nitrogen and oxygen atoms in total. The first kappa shape index (κ1) is 6.69. The summed E-state index contributed by atoms with van der Waals surface area (Å²) in [6.45, 7) is 0. The fourth-order valence-corrected chi connectivity index (χ4v) is 4.15. The lowest BCUT2D eigenvalue weighted by molar-refractivity contribution is -0.143. The number of carbonyl (C=O) groups excluding carboxylic acids is 1. The molecule has 2 bridgehead atoms. The van der Waals surface area contributed by atoms with Crippen molar-refractivity contribution in [1.29, 1.82) is 0 Å². The molecular weight excluding hydrogens is 255 g/mol. The second-order valence-electron chi connectivity index (χ2n) is 3.85. The van der Waals surface area contributed by atoms with E-state index in [0.717, 1.165) is 12.3 Å². The Hall–Kier alpha value is 0.200. The monoisotopic (exact) mass is 264 g/mol. The van der Waals surface area contributed by atoms with Crippen LogP contribution in [0, 0.1) is 17.8 Å². The summed E-state index contributed by atoms with van der Waals surface area (Å²) < 4.78 is 5.92. The number of hydrogen-bond donors (Lipinski definition) is 0. The molecule has 0 spiro atoms. The topological polar surface area (TPSA) is 26.3 Å². The maximum absolute atomic E-state index is 11.2. The van der Waals surface area contributed by atoms with Crippen molar-refractivity contribution in [2.45, 2.75) is 22.9 Å². The Bertz CT molecular complexity index is 228. The van der Waals surface area contributed by atoms with E-state index in [0.29, 0.717) is 9.84 Å². The van der Waals surface area contributed by atoms with Crippen LogP contribution in [0.5, 0.6) is 0 Å². The highest BCUT2D eigenvalue weighted by Gasteiger charge is 2.60. The molecule has 3 fully saturated rings. The molecule has 1 aliphatic heterocycles. The summed E-state index contributed by atoms with van der Waals surface area (Å²) in [6.07, 6.45) is 2.63. The Balaban J connectivity index is 2.04. The van der Waals surface area contributed by atoms with Gasteiger partial charge in [0.2, 0.25) is 0 Å². The lowest BCUT2D eigenvalue weighted by atomic mass is 9.90. The van der Waals surface area contributed by atoms with Crippen LogP contribution in [-0.2, 0) is 9.53 Å². The number of esters is 1. The Morgan fingerprint density at radius 2 is 2.27 bits per heavy atom. The second kappa shape index (κ2) is 1.92. The van der Waals surface area contributed by atoms with E-state index in [9.17, 15) is 4.79 Å². The summed E-state index contributed by atoms with van der Waals surface area (Å²) in [5.74, 6) is 1.74. The van der Waals surface area contributed by atoms with Gasteiger partial charge in [-0.1, -0.05) is 22.6 Å². The van der Waals surface area contributed by atoms with Gasteiger partial charge in [0.25, 0.3) is 0 Å². The maximum atomic E-state index is 11.2. The van der Waals surface area contributed by atoms with E-state index >= 15 is 0 Å². The molecule has 0 aromatic carbocycles. The number of rotatable bonds is 0. The van der Waals surface area contributed by atoms with E-state index in [1.165, 1.54) is 6.42 Å². The van der Waals surface area contributed by atoms with Crippen molar-refractivity contribution in [2.75, 3.05) is 0 Å². The number of carbonyl (C=O) groups is 1. The molecule has 1 saturated heterocycles. The van der Waals surface area contributed by atoms with Crippen LogP contribution in [0.15, 0.2) is 0 Å². The molecule has 60 valence electrons. The van der Waals surface area contributed by atoms with Crippen LogP contribution in [0.3, 0.4) is 0 Å². The number of halogens is 1. The predicted molar refractivity (Wildman–Crippen MR) is 47.4 cm³/mol. The van der Waals surface area contributed by atoms with Gasteiger partial charge in [0.05, 0.1) is 9.84 Å². The largest absolute Gasteiger partial charge is 0.461 e. The number of ether oxygens (including phenoxy) is 1. The molecule has 3 rings (SSSR count). The van der Waals surface area contributed by atoms with Gasteiger partial charge in [0.15, 0.2) is 0 Å². The van der Waals surface area contributed by atoms with E-state index in [4.69, 9.17) is 4.74 Å². The molecule has 1 heterocycles. The van der Waals surface area contributed by atoms with E-state index in [2.05, 4.69) is 22.6 Å². The summed E-state index contributed by atoms with van der Waals surface area (Å²) in [7, 11) is 0. The second-order valence-corrected chi connectivity index (χ2v) is 5.29. The minimum atomic E-state index is 0.0849. The van der Waals surface area contributed by atoms with Crippen molar-refractivity contribution in [2.24, 2.45) is 17.8 Å². The molecule has 0 radical (unpaired) electrons. The maximum Gasteiger partial charge on any atom is 0.309 e. The van der Waals surface area contributed by atoms with E-state index in [-0.39, 0.29) is 18.0 Å². The Labute approximate surface area is 78.8 Å². The zero-order valence-electron chi connectivity index (χ0n) is 6.00. The Morgan fingerprint density at radius 1 is 1.45 bits per heavy atom. The zero-order valence-corrected chi connectivity index (χ0v) is 8.15. The third-order valence-electron chi connectivity index (χ3n) is 3.39. The summed E-state index contributed by atoms with van der Waals surface area (Å²) in [5.41, 5.74) is 0. The van der Waals surface area contributed by atoms with Crippen LogP contribution in [0.2, 0.25) is 0 Å². The molecule has 0 aromatic rings. The van der Waals surface area contributed by atoms with Gasteiger partial charge in [-0.3, -0.25) is 4.79 Å². The van der Waals surface area contributed by atoms with Gasteiger partial charge in [0.1, 0.15) is 6.10 Å². The van der Waals surface area contributed by atoms with Gasteiger partial charge >= 0.3 is 5.97 Å². The predicted octanol–water partition coefficient (Wildman–Crippen LogP) is 1.37. The first-order valence-electron chi connectivity index (χ1n) is 4.12. The van der Waals surface area contributed by atoms with Crippen LogP contribution in [0.4, 0.5) is 0 Å². The fourth-order valence-electron chi connectivity index (χ4n) is 2.88. The molecule has 2 aliphatic carbocycles. The minimum Gasteiger partial charge on any atom is -0.461 e.